The van der Waals surface area contributed by atoms with Gasteiger partial charge < -0.3 is 11.1 Å². The second-order valence-corrected chi connectivity index (χ2v) is 6.60. The zero-order valence-corrected chi connectivity index (χ0v) is 13.1. The van der Waals surface area contributed by atoms with Crippen molar-refractivity contribution in [2.24, 2.45) is 5.73 Å². The van der Waals surface area contributed by atoms with E-state index in [9.17, 15) is 13.2 Å². The number of benzene rings is 1. The lowest BCUT2D eigenvalue weighted by atomic mass is 10.2. The summed E-state index contributed by atoms with van der Waals surface area (Å²) < 4.78 is 25.9. The third kappa shape index (κ3) is 6.59. The molecule has 1 aromatic rings. The number of rotatable bonds is 9. The number of nitrogens with two attached hydrogens (primary N) is 1. The van der Waals surface area contributed by atoms with Gasteiger partial charge in [-0.05, 0) is 44.0 Å². The van der Waals surface area contributed by atoms with E-state index in [0.29, 0.717) is 30.8 Å². The van der Waals surface area contributed by atoms with Gasteiger partial charge in [-0.1, -0.05) is 13.0 Å². The number of hydrogen-bond acceptors (Lipinski definition) is 4. The number of nitrogens with one attached hydrogen (secondary N) is 2. The van der Waals surface area contributed by atoms with Crippen molar-refractivity contribution in [1.82, 2.24) is 5.32 Å². The first kappa shape index (κ1) is 17.5. The van der Waals surface area contributed by atoms with Gasteiger partial charge in [-0.25, -0.2) is 8.42 Å². The SMILES string of the molecule is CCCS(=O)(=O)Nc1cccc(C(=O)NCCCCN)c1. The molecule has 0 fully saturated rings. The molecule has 0 aromatic heterocycles. The number of anilines is 1. The van der Waals surface area contributed by atoms with E-state index in [2.05, 4.69) is 10.0 Å². The van der Waals surface area contributed by atoms with Crippen molar-refractivity contribution in [3.8, 4) is 0 Å². The number of amides is 1. The van der Waals surface area contributed by atoms with Crippen LogP contribution in [0.2, 0.25) is 0 Å². The molecule has 0 atom stereocenters. The van der Waals surface area contributed by atoms with E-state index in [1.807, 2.05) is 0 Å². The van der Waals surface area contributed by atoms with Gasteiger partial charge in [0.05, 0.1) is 5.75 Å². The van der Waals surface area contributed by atoms with Crippen molar-refractivity contribution in [3.05, 3.63) is 29.8 Å². The van der Waals surface area contributed by atoms with Crippen LogP contribution in [0.3, 0.4) is 0 Å². The summed E-state index contributed by atoms with van der Waals surface area (Å²) in [6.07, 6.45) is 2.22. The number of carbonyl (C=O) groups is 1. The molecule has 0 aliphatic carbocycles. The van der Waals surface area contributed by atoms with E-state index in [4.69, 9.17) is 5.73 Å². The van der Waals surface area contributed by atoms with E-state index in [0.717, 1.165) is 12.8 Å². The van der Waals surface area contributed by atoms with Gasteiger partial charge in [0.15, 0.2) is 0 Å². The minimum Gasteiger partial charge on any atom is -0.352 e. The highest BCUT2D eigenvalue weighted by Crippen LogP contribution is 2.13. The van der Waals surface area contributed by atoms with Crippen LogP contribution in [0.5, 0.6) is 0 Å². The lowest BCUT2D eigenvalue weighted by Gasteiger charge is -2.09. The van der Waals surface area contributed by atoms with E-state index >= 15 is 0 Å². The van der Waals surface area contributed by atoms with Crippen molar-refractivity contribution in [3.63, 3.8) is 0 Å². The molecule has 0 bridgehead atoms. The van der Waals surface area contributed by atoms with Gasteiger partial charge in [-0.15, -0.1) is 0 Å². The van der Waals surface area contributed by atoms with Gasteiger partial charge in [0.25, 0.3) is 5.91 Å². The number of hydrogen-bond donors (Lipinski definition) is 3. The summed E-state index contributed by atoms with van der Waals surface area (Å²) in [5, 5.41) is 2.78. The standard InChI is InChI=1S/C14H23N3O3S/c1-2-10-21(19,20)17-13-7-5-6-12(11-13)14(18)16-9-4-3-8-15/h5-7,11,17H,2-4,8-10,15H2,1H3,(H,16,18). The zero-order chi connectivity index (χ0) is 15.7. The van der Waals surface area contributed by atoms with E-state index in [1.165, 1.54) is 6.07 Å². The van der Waals surface area contributed by atoms with Gasteiger partial charge in [-0.2, -0.15) is 0 Å². The van der Waals surface area contributed by atoms with Crippen molar-refractivity contribution >= 4 is 21.6 Å². The Bertz CT molecular complexity index is 558. The third-order valence-corrected chi connectivity index (χ3v) is 4.28. The summed E-state index contributed by atoms with van der Waals surface area (Å²) in [7, 11) is -3.35. The summed E-state index contributed by atoms with van der Waals surface area (Å²) in [4.78, 5) is 11.9. The summed E-state index contributed by atoms with van der Waals surface area (Å²) in [6.45, 7) is 2.96. The minimum atomic E-state index is -3.35. The maximum absolute atomic E-state index is 11.9. The molecule has 4 N–H and O–H groups in total. The fraction of sp³-hybridized carbons (Fsp3) is 0.500. The molecule has 0 radical (unpaired) electrons. The summed E-state index contributed by atoms with van der Waals surface area (Å²) in [5.41, 5.74) is 6.21. The average Bonchev–Trinajstić information content (AvgIpc) is 2.43. The molecule has 0 spiro atoms. The molecule has 1 aromatic carbocycles. The van der Waals surface area contributed by atoms with E-state index < -0.39 is 10.0 Å². The molecule has 118 valence electrons. The van der Waals surface area contributed by atoms with Crippen molar-refractivity contribution in [2.75, 3.05) is 23.6 Å². The normalized spacial score (nSPS) is 11.1. The van der Waals surface area contributed by atoms with Gasteiger partial charge >= 0.3 is 0 Å². The number of sulfonamides is 1. The Morgan fingerprint density at radius 3 is 2.71 bits per heavy atom. The van der Waals surface area contributed by atoms with Crippen LogP contribution < -0.4 is 15.8 Å². The molecule has 0 aliphatic rings. The highest BCUT2D eigenvalue weighted by Gasteiger charge is 2.10. The molecule has 6 nitrogen and oxygen atoms in total. The number of carbonyl (C=O) groups excluding carboxylic acids is 1. The Balaban J connectivity index is 2.65. The van der Waals surface area contributed by atoms with Crippen molar-refractivity contribution in [2.45, 2.75) is 26.2 Å². The van der Waals surface area contributed by atoms with Gasteiger partial charge in [0, 0.05) is 17.8 Å². The molecule has 7 heteroatoms. The van der Waals surface area contributed by atoms with Gasteiger partial charge in [0.2, 0.25) is 10.0 Å². The van der Waals surface area contributed by atoms with Gasteiger partial charge in [0.1, 0.15) is 0 Å². The first-order valence-electron chi connectivity index (χ1n) is 7.07. The Morgan fingerprint density at radius 2 is 2.05 bits per heavy atom. The Hall–Kier alpha value is -1.60. The highest BCUT2D eigenvalue weighted by atomic mass is 32.2. The Labute approximate surface area is 126 Å². The molecule has 0 saturated carbocycles. The molecule has 1 rings (SSSR count). The predicted molar refractivity (Wildman–Crippen MR) is 84.8 cm³/mol. The fourth-order valence-corrected chi connectivity index (χ4v) is 2.92. The topological polar surface area (TPSA) is 101 Å². The van der Waals surface area contributed by atoms with E-state index in [-0.39, 0.29) is 11.7 Å². The average molecular weight is 313 g/mol. The maximum atomic E-state index is 11.9. The monoisotopic (exact) mass is 313 g/mol. The third-order valence-electron chi connectivity index (χ3n) is 2.79. The van der Waals surface area contributed by atoms with Crippen LogP contribution in [0.25, 0.3) is 0 Å². The maximum Gasteiger partial charge on any atom is 0.251 e. The molecule has 21 heavy (non-hydrogen) atoms. The smallest absolute Gasteiger partial charge is 0.251 e. The van der Waals surface area contributed by atoms with Crippen LogP contribution in [0.1, 0.15) is 36.5 Å². The molecule has 0 unspecified atom stereocenters. The predicted octanol–water partition coefficient (Wildman–Crippen LogP) is 1.31. The second kappa shape index (κ2) is 8.63. The van der Waals surface area contributed by atoms with Crippen LogP contribution in [0.15, 0.2) is 24.3 Å². The summed E-state index contributed by atoms with van der Waals surface area (Å²) in [6, 6.07) is 6.46. The zero-order valence-electron chi connectivity index (χ0n) is 12.3. The molecule has 1 amide bonds. The Kier molecular flexibility index (Phi) is 7.18. The van der Waals surface area contributed by atoms with E-state index in [1.54, 1.807) is 25.1 Å². The lowest BCUT2D eigenvalue weighted by molar-refractivity contribution is 0.0953. The van der Waals surface area contributed by atoms with Crippen LogP contribution in [-0.4, -0.2) is 33.2 Å². The quantitative estimate of drug-likeness (QED) is 0.598. The minimum absolute atomic E-state index is 0.0580. The second-order valence-electron chi connectivity index (χ2n) is 4.75. The van der Waals surface area contributed by atoms with Crippen LogP contribution >= 0.6 is 0 Å². The van der Waals surface area contributed by atoms with Gasteiger partial charge in [-0.3, -0.25) is 9.52 Å². The molecular formula is C14H23N3O3S. The van der Waals surface area contributed by atoms with Crippen LogP contribution in [0.4, 0.5) is 5.69 Å². The lowest BCUT2D eigenvalue weighted by Crippen LogP contribution is -2.25. The molecule has 0 heterocycles. The van der Waals surface area contributed by atoms with Crippen molar-refractivity contribution < 1.29 is 13.2 Å². The number of unbranched alkanes of at least 4 members (excludes halogenated alkanes) is 1. The molecule has 0 aliphatic heterocycles. The first-order valence-corrected chi connectivity index (χ1v) is 8.72. The first-order chi connectivity index (χ1) is 9.98. The van der Waals surface area contributed by atoms with Crippen LogP contribution in [0, 0.1) is 0 Å². The molecule has 0 saturated heterocycles. The fourth-order valence-electron chi connectivity index (χ4n) is 1.80. The highest BCUT2D eigenvalue weighted by molar-refractivity contribution is 7.92. The Morgan fingerprint density at radius 1 is 1.29 bits per heavy atom. The summed E-state index contributed by atoms with van der Waals surface area (Å²) in [5.74, 6) is -0.161. The largest absolute Gasteiger partial charge is 0.352 e. The van der Waals surface area contributed by atoms with Crippen molar-refractivity contribution in [1.29, 1.82) is 0 Å². The summed E-state index contributed by atoms with van der Waals surface area (Å²) >= 11 is 0. The molecular weight excluding hydrogens is 290 g/mol. The van der Waals surface area contributed by atoms with Crippen LogP contribution in [-0.2, 0) is 10.0 Å².